The number of esters is 2. The molecule has 3 saturated heterocycles. The average Bonchev–Trinajstić information content (AvgIpc) is 3.45. The molecule has 0 aromatic heterocycles. The Balaban J connectivity index is 1.60. The van der Waals surface area contributed by atoms with Gasteiger partial charge in [0.15, 0.2) is 30.1 Å². The molecule has 0 unspecified atom stereocenters. The second-order valence-electron chi connectivity index (χ2n) is 11.1. The van der Waals surface area contributed by atoms with Crippen molar-refractivity contribution in [1.82, 2.24) is 5.32 Å². The summed E-state index contributed by atoms with van der Waals surface area (Å²) in [5.41, 5.74) is 0.655. The van der Waals surface area contributed by atoms with Crippen LogP contribution in [0, 0.1) is 5.92 Å². The quantitative estimate of drug-likeness (QED) is 0.487. The molecule has 1 N–H and O–H groups in total. The maximum Gasteiger partial charge on any atom is 0.328 e. The van der Waals surface area contributed by atoms with Crippen LogP contribution in [0.1, 0.15) is 59.6 Å². The van der Waals surface area contributed by atoms with E-state index in [1.807, 2.05) is 58.0 Å². The summed E-state index contributed by atoms with van der Waals surface area (Å²) in [5, 5.41) is 3.18. The molecule has 3 heterocycles. The summed E-state index contributed by atoms with van der Waals surface area (Å²) < 4.78 is 41.1. The van der Waals surface area contributed by atoms with E-state index in [4.69, 9.17) is 33.2 Å². The second kappa shape index (κ2) is 11.0. The molecule has 0 aliphatic carbocycles. The lowest BCUT2D eigenvalue weighted by atomic mass is 10.00. The normalized spacial score (nSPS) is 31.6. The molecule has 3 fully saturated rings. The molecule has 0 radical (unpaired) electrons. The Kier molecular flexibility index (Phi) is 8.27. The molecule has 0 amide bonds. The fourth-order valence-electron chi connectivity index (χ4n) is 5.01. The van der Waals surface area contributed by atoms with Gasteiger partial charge in [-0.25, -0.2) is 4.79 Å². The van der Waals surface area contributed by atoms with Crippen molar-refractivity contribution in [2.45, 2.75) is 102 Å². The van der Waals surface area contributed by atoms with E-state index in [-0.39, 0.29) is 12.5 Å². The van der Waals surface area contributed by atoms with Crippen LogP contribution in [0.15, 0.2) is 30.3 Å². The van der Waals surface area contributed by atoms with E-state index in [0.29, 0.717) is 12.0 Å². The second-order valence-corrected chi connectivity index (χ2v) is 11.1. The summed E-state index contributed by atoms with van der Waals surface area (Å²) in [7, 11) is 1.33. The minimum atomic E-state index is -0.934. The molecule has 3 aliphatic rings. The van der Waals surface area contributed by atoms with Gasteiger partial charge >= 0.3 is 11.9 Å². The first-order valence-electron chi connectivity index (χ1n) is 12.8. The topological polar surface area (TPSA) is 111 Å². The van der Waals surface area contributed by atoms with Gasteiger partial charge in [0.1, 0.15) is 24.3 Å². The van der Waals surface area contributed by atoms with Gasteiger partial charge in [-0.15, -0.1) is 0 Å². The van der Waals surface area contributed by atoms with Gasteiger partial charge < -0.3 is 33.2 Å². The van der Waals surface area contributed by atoms with Crippen LogP contribution < -0.4 is 5.32 Å². The predicted octanol–water partition coefficient (Wildman–Crippen LogP) is 2.84. The number of ether oxygens (including phenoxy) is 7. The van der Waals surface area contributed by atoms with Crippen molar-refractivity contribution in [3.8, 4) is 0 Å². The van der Waals surface area contributed by atoms with Gasteiger partial charge in [0.25, 0.3) is 0 Å². The number of hydrogen-bond acceptors (Lipinski definition) is 10. The molecule has 3 aliphatic heterocycles. The van der Waals surface area contributed by atoms with Crippen LogP contribution in [-0.4, -0.2) is 74.0 Å². The predicted molar refractivity (Wildman–Crippen MR) is 131 cm³/mol. The van der Waals surface area contributed by atoms with E-state index in [1.165, 1.54) is 7.11 Å². The summed E-state index contributed by atoms with van der Waals surface area (Å²) in [6.07, 6.45) is -2.87. The van der Waals surface area contributed by atoms with Crippen LogP contribution in [0.5, 0.6) is 0 Å². The fraction of sp³-hybridized carbons (Fsp3) is 0.704. The van der Waals surface area contributed by atoms with Gasteiger partial charge in [-0.1, -0.05) is 44.2 Å². The van der Waals surface area contributed by atoms with Gasteiger partial charge in [0.2, 0.25) is 0 Å². The lowest BCUT2D eigenvalue weighted by Crippen LogP contribution is -2.48. The van der Waals surface area contributed by atoms with Crippen LogP contribution in [0.4, 0.5) is 0 Å². The standard InChI is InChI=1S/C27H39NO9/c1-15(2)13-17(23(29)31-7)28-19(16-11-9-8-10-12-16)24(30)33-21-20(18-14-32-26(3,4)35-18)34-25-22(21)36-27(5,6)37-25/h8-12,15,17-22,25,28H,13-14H2,1-7H3/t17-,18+,19-,20+,21-,22+,25+/m0/s1. The largest absolute Gasteiger partial charge is 0.468 e. The summed E-state index contributed by atoms with van der Waals surface area (Å²) in [5.74, 6) is -2.53. The molecule has 7 atom stereocenters. The highest BCUT2D eigenvalue weighted by Gasteiger charge is 2.60. The lowest BCUT2D eigenvalue weighted by Gasteiger charge is -2.30. The minimum Gasteiger partial charge on any atom is -0.468 e. The van der Waals surface area contributed by atoms with E-state index in [9.17, 15) is 9.59 Å². The van der Waals surface area contributed by atoms with Gasteiger partial charge in [-0.2, -0.15) is 0 Å². The van der Waals surface area contributed by atoms with E-state index in [1.54, 1.807) is 13.8 Å². The molecular formula is C27H39NO9. The smallest absolute Gasteiger partial charge is 0.328 e. The summed E-state index contributed by atoms with van der Waals surface area (Å²) in [4.78, 5) is 26.4. The molecule has 4 rings (SSSR count). The van der Waals surface area contributed by atoms with Crippen molar-refractivity contribution in [2.75, 3.05) is 13.7 Å². The van der Waals surface area contributed by atoms with E-state index >= 15 is 0 Å². The monoisotopic (exact) mass is 521 g/mol. The Bertz CT molecular complexity index is 950. The Morgan fingerprint density at radius 2 is 1.70 bits per heavy atom. The Hall–Kier alpha value is -2.08. The Morgan fingerprint density at radius 3 is 2.30 bits per heavy atom. The first kappa shape index (κ1) is 27.9. The number of carbonyl (C=O) groups excluding carboxylic acids is 2. The number of methoxy groups -OCH3 is 1. The summed E-state index contributed by atoms with van der Waals surface area (Å²) >= 11 is 0. The van der Waals surface area contributed by atoms with Crippen molar-refractivity contribution >= 4 is 11.9 Å². The first-order chi connectivity index (χ1) is 17.4. The molecule has 10 nitrogen and oxygen atoms in total. The summed E-state index contributed by atoms with van der Waals surface area (Å²) in [6.45, 7) is 11.5. The highest BCUT2D eigenvalue weighted by molar-refractivity contribution is 5.81. The number of benzene rings is 1. The molecule has 1 aromatic rings. The van der Waals surface area contributed by atoms with Crippen LogP contribution in [0.2, 0.25) is 0 Å². The summed E-state index contributed by atoms with van der Waals surface area (Å²) in [6, 6.07) is 7.48. The van der Waals surface area contributed by atoms with Gasteiger partial charge in [0.05, 0.1) is 13.7 Å². The van der Waals surface area contributed by atoms with E-state index < -0.39 is 66.3 Å². The Labute approximate surface area is 218 Å². The first-order valence-corrected chi connectivity index (χ1v) is 12.8. The average molecular weight is 522 g/mol. The van der Waals surface area contributed by atoms with Gasteiger partial charge in [-0.3, -0.25) is 10.1 Å². The van der Waals surface area contributed by atoms with Crippen molar-refractivity contribution in [1.29, 1.82) is 0 Å². The zero-order chi connectivity index (χ0) is 27.0. The highest BCUT2D eigenvalue weighted by Crippen LogP contribution is 2.42. The molecule has 1 aromatic carbocycles. The van der Waals surface area contributed by atoms with E-state index in [0.717, 1.165) is 0 Å². The molecule has 37 heavy (non-hydrogen) atoms. The molecule has 0 saturated carbocycles. The van der Waals surface area contributed by atoms with Crippen LogP contribution >= 0.6 is 0 Å². The zero-order valence-corrected chi connectivity index (χ0v) is 22.6. The molecule has 0 spiro atoms. The van der Waals surface area contributed by atoms with E-state index in [2.05, 4.69) is 5.32 Å². The van der Waals surface area contributed by atoms with Crippen molar-refractivity contribution in [2.24, 2.45) is 5.92 Å². The van der Waals surface area contributed by atoms with Crippen LogP contribution in [-0.2, 0) is 42.7 Å². The van der Waals surface area contributed by atoms with Crippen molar-refractivity contribution in [3.05, 3.63) is 35.9 Å². The third-order valence-corrected chi connectivity index (χ3v) is 6.61. The molecule has 206 valence electrons. The third-order valence-electron chi connectivity index (χ3n) is 6.61. The maximum absolute atomic E-state index is 13.8. The number of fused-ring (bicyclic) bond motifs is 1. The van der Waals surface area contributed by atoms with Crippen molar-refractivity contribution < 1.29 is 42.7 Å². The van der Waals surface area contributed by atoms with Crippen LogP contribution in [0.25, 0.3) is 0 Å². The lowest BCUT2D eigenvalue weighted by molar-refractivity contribution is -0.235. The SMILES string of the molecule is COC(=O)[C@H](CC(C)C)N[C@H](C(=O)O[C@@H]1[C@H]2OC(C)(C)O[C@H]2O[C@@H]1[C@H]1COC(C)(C)O1)c1ccccc1. The minimum absolute atomic E-state index is 0.187. The molecular weight excluding hydrogens is 482 g/mol. The van der Waals surface area contributed by atoms with Crippen LogP contribution in [0.3, 0.4) is 0 Å². The number of nitrogens with one attached hydrogen (secondary N) is 1. The maximum atomic E-state index is 13.8. The molecule has 10 heteroatoms. The number of rotatable bonds is 9. The Morgan fingerprint density at radius 1 is 1.00 bits per heavy atom. The fourth-order valence-corrected chi connectivity index (χ4v) is 5.01. The molecule has 0 bridgehead atoms. The highest BCUT2D eigenvalue weighted by atomic mass is 16.8. The van der Waals surface area contributed by atoms with Crippen molar-refractivity contribution in [3.63, 3.8) is 0 Å². The number of carbonyl (C=O) groups is 2. The number of hydrogen-bond donors (Lipinski definition) is 1. The van der Waals surface area contributed by atoms with Gasteiger partial charge in [-0.05, 0) is 45.6 Å². The third kappa shape index (κ3) is 6.50. The van der Waals surface area contributed by atoms with Gasteiger partial charge in [0, 0.05) is 0 Å². The zero-order valence-electron chi connectivity index (χ0n) is 22.6.